The highest BCUT2D eigenvalue weighted by atomic mass is 16.6. The number of carbonyl (C=O) groups excluding carboxylic acids is 3. The highest BCUT2D eigenvalue weighted by Crippen LogP contribution is 2.02. The predicted molar refractivity (Wildman–Crippen MR) is 70.9 cm³/mol. The minimum absolute atomic E-state index is 0.105. The second kappa shape index (κ2) is 8.68. The van der Waals surface area contributed by atoms with Crippen LogP contribution in [0, 0.1) is 0 Å². The first kappa shape index (κ1) is 15.7. The van der Waals surface area contributed by atoms with Crippen molar-refractivity contribution in [2.45, 2.75) is 25.5 Å². The molecule has 1 atom stereocenters. The molecule has 0 spiro atoms. The van der Waals surface area contributed by atoms with Crippen LogP contribution in [-0.4, -0.2) is 31.5 Å². The van der Waals surface area contributed by atoms with Crippen LogP contribution in [0.25, 0.3) is 0 Å². The summed E-state index contributed by atoms with van der Waals surface area (Å²) in [6.45, 7) is 0.105. The van der Waals surface area contributed by atoms with E-state index in [0.29, 0.717) is 6.29 Å². The molecular weight excluding hydrogens is 262 g/mol. The third kappa shape index (κ3) is 5.51. The highest BCUT2D eigenvalue weighted by Gasteiger charge is 2.21. The lowest BCUT2D eigenvalue weighted by Crippen LogP contribution is -2.41. The average Bonchev–Trinajstić information content (AvgIpc) is 2.49. The van der Waals surface area contributed by atoms with Gasteiger partial charge in [-0.25, -0.2) is 9.59 Å². The molecule has 6 nitrogen and oxygen atoms in total. The number of amides is 1. The van der Waals surface area contributed by atoms with Crippen molar-refractivity contribution in [2.24, 2.45) is 0 Å². The predicted octanol–water partition coefficient (Wildman–Crippen LogP) is 1.43. The average molecular weight is 279 g/mol. The zero-order valence-corrected chi connectivity index (χ0v) is 11.2. The van der Waals surface area contributed by atoms with E-state index in [1.54, 1.807) is 0 Å². The summed E-state index contributed by atoms with van der Waals surface area (Å²) in [7, 11) is 1.22. The maximum Gasteiger partial charge on any atom is 0.408 e. The Morgan fingerprint density at radius 1 is 1.30 bits per heavy atom. The van der Waals surface area contributed by atoms with Crippen molar-refractivity contribution in [1.82, 2.24) is 5.32 Å². The van der Waals surface area contributed by atoms with E-state index in [1.807, 2.05) is 30.3 Å². The van der Waals surface area contributed by atoms with Gasteiger partial charge in [0.15, 0.2) is 0 Å². The first-order valence-corrected chi connectivity index (χ1v) is 6.16. The van der Waals surface area contributed by atoms with E-state index in [0.717, 1.165) is 5.56 Å². The van der Waals surface area contributed by atoms with Crippen molar-refractivity contribution < 1.29 is 23.9 Å². The van der Waals surface area contributed by atoms with E-state index in [1.165, 1.54) is 7.11 Å². The Hall–Kier alpha value is -2.37. The molecule has 0 saturated heterocycles. The molecule has 0 aromatic heterocycles. The van der Waals surface area contributed by atoms with Crippen molar-refractivity contribution in [1.29, 1.82) is 0 Å². The van der Waals surface area contributed by atoms with Crippen LogP contribution in [-0.2, 0) is 25.7 Å². The molecule has 6 heteroatoms. The number of alkyl carbamates (subject to hydrolysis) is 1. The SMILES string of the molecule is COC(=O)[C@H](CCC=O)NC(=O)OCc1ccccc1. The fourth-order valence-corrected chi connectivity index (χ4v) is 1.53. The zero-order valence-electron chi connectivity index (χ0n) is 11.2. The van der Waals surface area contributed by atoms with Gasteiger partial charge in [-0.05, 0) is 12.0 Å². The monoisotopic (exact) mass is 279 g/mol. The van der Waals surface area contributed by atoms with Crippen LogP contribution in [0.1, 0.15) is 18.4 Å². The lowest BCUT2D eigenvalue weighted by molar-refractivity contribution is -0.143. The molecule has 0 bridgehead atoms. The maximum absolute atomic E-state index is 11.6. The number of aldehydes is 1. The Morgan fingerprint density at radius 3 is 2.60 bits per heavy atom. The van der Waals surface area contributed by atoms with Gasteiger partial charge in [0.2, 0.25) is 0 Å². The number of hydrogen-bond acceptors (Lipinski definition) is 5. The highest BCUT2D eigenvalue weighted by molar-refractivity contribution is 5.81. The fourth-order valence-electron chi connectivity index (χ4n) is 1.53. The second-order valence-electron chi connectivity index (χ2n) is 4.03. The van der Waals surface area contributed by atoms with Crippen molar-refractivity contribution in [2.75, 3.05) is 7.11 Å². The second-order valence-corrected chi connectivity index (χ2v) is 4.03. The summed E-state index contributed by atoms with van der Waals surface area (Å²) in [6, 6.07) is 8.27. The lowest BCUT2D eigenvalue weighted by atomic mass is 10.2. The van der Waals surface area contributed by atoms with Crippen LogP contribution < -0.4 is 5.32 Å². The van der Waals surface area contributed by atoms with E-state index in [4.69, 9.17) is 4.74 Å². The van der Waals surface area contributed by atoms with Gasteiger partial charge in [-0.15, -0.1) is 0 Å². The third-order valence-electron chi connectivity index (χ3n) is 2.56. The van der Waals surface area contributed by atoms with Gasteiger partial charge in [0.25, 0.3) is 0 Å². The first-order chi connectivity index (χ1) is 9.67. The molecule has 0 heterocycles. The largest absolute Gasteiger partial charge is 0.467 e. The number of nitrogens with one attached hydrogen (secondary N) is 1. The molecule has 1 rings (SSSR count). The van der Waals surface area contributed by atoms with E-state index < -0.39 is 18.1 Å². The van der Waals surface area contributed by atoms with Gasteiger partial charge in [0.1, 0.15) is 18.9 Å². The smallest absolute Gasteiger partial charge is 0.408 e. The van der Waals surface area contributed by atoms with Crippen molar-refractivity contribution >= 4 is 18.3 Å². The topological polar surface area (TPSA) is 81.7 Å². The molecule has 0 aliphatic heterocycles. The standard InChI is InChI=1S/C14H17NO5/c1-19-13(17)12(8-5-9-16)15-14(18)20-10-11-6-3-2-4-7-11/h2-4,6-7,9,12H,5,8,10H2,1H3,(H,15,18)/t12-/m0/s1. The minimum Gasteiger partial charge on any atom is -0.467 e. The summed E-state index contributed by atoms with van der Waals surface area (Å²) in [5, 5.41) is 2.38. The van der Waals surface area contributed by atoms with Gasteiger partial charge >= 0.3 is 12.1 Å². The summed E-state index contributed by atoms with van der Waals surface area (Å²) < 4.78 is 9.53. The molecule has 108 valence electrons. The maximum atomic E-state index is 11.6. The number of methoxy groups -OCH3 is 1. The van der Waals surface area contributed by atoms with E-state index >= 15 is 0 Å². The lowest BCUT2D eigenvalue weighted by Gasteiger charge is -2.15. The van der Waals surface area contributed by atoms with Crippen LogP contribution in [0.3, 0.4) is 0 Å². The Kier molecular flexibility index (Phi) is 6.81. The normalized spacial score (nSPS) is 11.2. The summed E-state index contributed by atoms with van der Waals surface area (Å²) >= 11 is 0. The molecule has 0 aliphatic carbocycles. The number of benzene rings is 1. The van der Waals surface area contributed by atoms with Gasteiger partial charge in [-0.1, -0.05) is 30.3 Å². The van der Waals surface area contributed by atoms with E-state index in [-0.39, 0.29) is 19.4 Å². The molecule has 0 aliphatic rings. The summed E-state index contributed by atoms with van der Waals surface area (Å²) in [5.74, 6) is -0.608. The quantitative estimate of drug-likeness (QED) is 0.603. The number of esters is 1. The van der Waals surface area contributed by atoms with Crippen LogP contribution in [0.2, 0.25) is 0 Å². The van der Waals surface area contributed by atoms with Gasteiger partial charge in [0, 0.05) is 6.42 Å². The van der Waals surface area contributed by atoms with E-state index in [2.05, 4.69) is 10.1 Å². The van der Waals surface area contributed by atoms with Crippen LogP contribution in [0.15, 0.2) is 30.3 Å². The van der Waals surface area contributed by atoms with Crippen molar-refractivity contribution in [3.8, 4) is 0 Å². The van der Waals surface area contributed by atoms with Gasteiger partial charge in [-0.2, -0.15) is 0 Å². The molecular formula is C14H17NO5. The summed E-state index contributed by atoms with van der Waals surface area (Å²) in [5.41, 5.74) is 0.838. The Labute approximate surface area is 117 Å². The summed E-state index contributed by atoms with van der Waals surface area (Å²) in [6.07, 6.45) is 0.276. The Morgan fingerprint density at radius 2 is 2.00 bits per heavy atom. The number of hydrogen-bond donors (Lipinski definition) is 1. The Bertz CT molecular complexity index is 446. The summed E-state index contributed by atoms with van der Waals surface area (Å²) in [4.78, 5) is 33.3. The van der Waals surface area contributed by atoms with Crippen LogP contribution in [0.4, 0.5) is 4.79 Å². The van der Waals surface area contributed by atoms with Gasteiger partial charge < -0.3 is 19.6 Å². The fraction of sp³-hybridized carbons (Fsp3) is 0.357. The molecule has 1 amide bonds. The molecule has 0 saturated carbocycles. The third-order valence-corrected chi connectivity index (χ3v) is 2.56. The van der Waals surface area contributed by atoms with Crippen molar-refractivity contribution in [3.05, 3.63) is 35.9 Å². The molecule has 1 N–H and O–H groups in total. The molecule has 0 fully saturated rings. The first-order valence-electron chi connectivity index (χ1n) is 6.16. The molecule has 0 radical (unpaired) electrons. The molecule has 0 unspecified atom stereocenters. The van der Waals surface area contributed by atoms with Crippen LogP contribution in [0.5, 0.6) is 0 Å². The molecule has 20 heavy (non-hydrogen) atoms. The van der Waals surface area contributed by atoms with Gasteiger partial charge in [0.05, 0.1) is 7.11 Å². The minimum atomic E-state index is -0.881. The zero-order chi connectivity index (χ0) is 14.8. The molecule has 1 aromatic rings. The Balaban J connectivity index is 2.44. The number of carbonyl (C=O) groups is 3. The van der Waals surface area contributed by atoms with Crippen LogP contribution >= 0.6 is 0 Å². The van der Waals surface area contributed by atoms with E-state index in [9.17, 15) is 14.4 Å². The van der Waals surface area contributed by atoms with Crippen molar-refractivity contribution in [3.63, 3.8) is 0 Å². The van der Waals surface area contributed by atoms with Gasteiger partial charge in [-0.3, -0.25) is 0 Å². The molecule has 1 aromatic carbocycles. The number of rotatable bonds is 7. The number of ether oxygens (including phenoxy) is 2.